The Bertz CT molecular complexity index is 597. The zero-order valence-corrected chi connectivity index (χ0v) is 14.0. The number of nitrogens with zero attached hydrogens (tertiary/aromatic N) is 1. The quantitative estimate of drug-likeness (QED) is 0.535. The Labute approximate surface area is 136 Å². The molecule has 0 atom stereocenters. The molecule has 0 unspecified atom stereocenters. The van der Waals surface area contributed by atoms with Crippen molar-refractivity contribution < 1.29 is 38.0 Å². The third kappa shape index (κ3) is 3.72. The van der Waals surface area contributed by atoms with Crippen molar-refractivity contribution >= 4 is 12.2 Å². The van der Waals surface area contributed by atoms with Gasteiger partial charge in [-0.15, -0.1) is 0 Å². The first-order chi connectivity index (χ1) is 9.26. The minimum atomic E-state index is 0. The van der Waals surface area contributed by atoms with E-state index < -0.39 is 0 Å². The second-order valence-corrected chi connectivity index (χ2v) is 4.15. The molecule has 0 amide bonds. The molecule has 0 aliphatic heterocycles. The molecule has 0 saturated heterocycles. The number of hydrogen-bond donors (Lipinski definition) is 0. The second-order valence-electron chi connectivity index (χ2n) is 4.15. The van der Waals surface area contributed by atoms with Crippen molar-refractivity contribution in [1.29, 1.82) is 0 Å². The molecule has 0 radical (unpaired) electrons. The molecule has 0 aliphatic carbocycles. The highest BCUT2D eigenvalue weighted by Crippen LogP contribution is 2.31. The van der Waals surface area contributed by atoms with Crippen LogP contribution in [0.5, 0.6) is 11.5 Å². The van der Waals surface area contributed by atoms with Gasteiger partial charge in [0, 0.05) is 23.8 Å². The summed E-state index contributed by atoms with van der Waals surface area (Å²) < 4.78 is 12.8. The molecule has 2 rings (SSSR count). The first-order valence-corrected chi connectivity index (χ1v) is 6.10. The van der Waals surface area contributed by atoms with Gasteiger partial charge < -0.3 is 33.5 Å². The maximum Gasteiger partial charge on any atom is 0.204 e. The number of hydrogen-bond acceptors (Lipinski definition) is 2. The normalized spacial score (nSPS) is 10.2. The summed E-state index contributed by atoms with van der Waals surface area (Å²) in [5, 5.41) is 0. The van der Waals surface area contributed by atoms with Gasteiger partial charge in [0.2, 0.25) is 5.69 Å². The third-order valence-corrected chi connectivity index (χ3v) is 2.96. The maximum atomic E-state index is 5.40. The predicted molar refractivity (Wildman–Crippen MR) is 76.1 cm³/mol. The average Bonchev–Trinajstić information content (AvgIpc) is 2.45. The van der Waals surface area contributed by atoms with E-state index in [1.165, 1.54) is 0 Å². The predicted octanol–water partition coefficient (Wildman–Crippen LogP) is -0.297. The van der Waals surface area contributed by atoms with Gasteiger partial charge in [-0.3, -0.25) is 0 Å². The van der Waals surface area contributed by atoms with Crippen molar-refractivity contribution in [2.24, 2.45) is 7.05 Å². The molecule has 106 valence electrons. The van der Waals surface area contributed by atoms with Crippen molar-refractivity contribution in [3.05, 3.63) is 53.9 Å². The monoisotopic (exact) mass is 383 g/mol. The standard InChI is InChI=1S/C16H18NO2.HI/c1-17-12-5-4-8-14(17)11-10-13-7-6-9-15(18-2)16(13)19-3;/h4-12H,1-3H3;1H/q+1;/p-1/b11-10+;. The van der Waals surface area contributed by atoms with E-state index in [2.05, 4.69) is 16.7 Å². The van der Waals surface area contributed by atoms with Crippen LogP contribution in [-0.4, -0.2) is 14.2 Å². The zero-order chi connectivity index (χ0) is 13.7. The summed E-state index contributed by atoms with van der Waals surface area (Å²) in [6.45, 7) is 0. The third-order valence-electron chi connectivity index (χ3n) is 2.96. The van der Waals surface area contributed by atoms with Crippen LogP contribution in [0, 0.1) is 0 Å². The van der Waals surface area contributed by atoms with Gasteiger partial charge in [-0.25, -0.2) is 4.57 Å². The van der Waals surface area contributed by atoms with Gasteiger partial charge in [-0.2, -0.15) is 0 Å². The fourth-order valence-electron chi connectivity index (χ4n) is 1.93. The molecule has 1 aromatic heterocycles. The van der Waals surface area contributed by atoms with Crippen LogP contribution in [0.15, 0.2) is 42.6 Å². The fraction of sp³-hybridized carbons (Fsp3) is 0.188. The first-order valence-electron chi connectivity index (χ1n) is 6.10. The Morgan fingerprint density at radius 3 is 2.40 bits per heavy atom. The molecule has 0 aliphatic rings. The Morgan fingerprint density at radius 2 is 1.75 bits per heavy atom. The lowest BCUT2D eigenvalue weighted by molar-refractivity contribution is -0.673. The molecule has 1 aromatic carbocycles. The second kappa shape index (κ2) is 7.89. The van der Waals surface area contributed by atoms with Gasteiger partial charge in [-0.05, 0) is 18.2 Å². The summed E-state index contributed by atoms with van der Waals surface area (Å²) in [5.41, 5.74) is 2.11. The molecule has 1 heterocycles. The zero-order valence-electron chi connectivity index (χ0n) is 11.8. The van der Waals surface area contributed by atoms with Crippen LogP contribution < -0.4 is 38.0 Å². The van der Waals surface area contributed by atoms with Crippen LogP contribution >= 0.6 is 0 Å². The SMILES string of the molecule is COc1cccc(/C=C/c2cccc[n+]2C)c1OC.[I-]. The Hall–Kier alpha value is -1.56. The topological polar surface area (TPSA) is 22.3 Å². The molecule has 0 saturated carbocycles. The summed E-state index contributed by atoms with van der Waals surface area (Å²) in [6.07, 6.45) is 6.09. The molecule has 0 N–H and O–H groups in total. The van der Waals surface area contributed by atoms with Crippen LogP contribution in [0.4, 0.5) is 0 Å². The Morgan fingerprint density at radius 1 is 0.950 bits per heavy atom. The van der Waals surface area contributed by atoms with Crippen LogP contribution in [-0.2, 0) is 7.05 Å². The number of aryl methyl sites for hydroxylation is 1. The Balaban J connectivity index is 0.00000200. The number of benzene rings is 1. The Kier molecular flexibility index (Phi) is 6.51. The number of ether oxygens (including phenoxy) is 2. The largest absolute Gasteiger partial charge is 1.00 e. The van der Waals surface area contributed by atoms with E-state index in [0.29, 0.717) is 0 Å². The lowest BCUT2D eigenvalue weighted by Crippen LogP contribution is -3.00. The van der Waals surface area contributed by atoms with Crippen molar-refractivity contribution in [3.8, 4) is 11.5 Å². The number of methoxy groups -OCH3 is 2. The highest BCUT2D eigenvalue weighted by molar-refractivity contribution is 5.72. The van der Waals surface area contributed by atoms with Crippen molar-refractivity contribution in [2.45, 2.75) is 0 Å². The van der Waals surface area contributed by atoms with E-state index in [-0.39, 0.29) is 24.0 Å². The van der Waals surface area contributed by atoms with E-state index in [9.17, 15) is 0 Å². The molecule has 0 fully saturated rings. The highest BCUT2D eigenvalue weighted by Gasteiger charge is 2.07. The van der Waals surface area contributed by atoms with Gasteiger partial charge in [-0.1, -0.05) is 12.1 Å². The molecule has 0 bridgehead atoms. The van der Waals surface area contributed by atoms with Gasteiger partial charge >= 0.3 is 0 Å². The van der Waals surface area contributed by atoms with Crippen LogP contribution in [0.2, 0.25) is 0 Å². The highest BCUT2D eigenvalue weighted by atomic mass is 127. The van der Waals surface area contributed by atoms with Gasteiger partial charge in [0.25, 0.3) is 0 Å². The van der Waals surface area contributed by atoms with Crippen molar-refractivity contribution in [3.63, 3.8) is 0 Å². The lowest BCUT2D eigenvalue weighted by Gasteiger charge is -2.09. The van der Waals surface area contributed by atoms with Crippen LogP contribution in [0.25, 0.3) is 12.2 Å². The van der Waals surface area contributed by atoms with E-state index in [0.717, 1.165) is 22.8 Å². The molecule has 3 nitrogen and oxygen atoms in total. The molecular weight excluding hydrogens is 365 g/mol. The minimum absolute atomic E-state index is 0. The first kappa shape index (κ1) is 16.5. The lowest BCUT2D eigenvalue weighted by atomic mass is 10.1. The van der Waals surface area contributed by atoms with Gasteiger partial charge in [0.15, 0.2) is 17.7 Å². The summed E-state index contributed by atoms with van der Waals surface area (Å²) in [7, 11) is 5.31. The molecule has 2 aromatic rings. The van der Waals surface area contributed by atoms with Crippen molar-refractivity contribution in [2.75, 3.05) is 14.2 Å². The van der Waals surface area contributed by atoms with E-state index in [4.69, 9.17) is 9.47 Å². The summed E-state index contributed by atoms with van der Waals surface area (Å²) >= 11 is 0. The minimum Gasteiger partial charge on any atom is -1.00 e. The number of para-hydroxylation sites is 1. The molecule has 20 heavy (non-hydrogen) atoms. The fourth-order valence-corrected chi connectivity index (χ4v) is 1.93. The van der Waals surface area contributed by atoms with E-state index in [1.54, 1.807) is 14.2 Å². The summed E-state index contributed by atoms with van der Waals surface area (Å²) in [4.78, 5) is 0. The van der Waals surface area contributed by atoms with Gasteiger partial charge in [0.05, 0.1) is 14.2 Å². The maximum absolute atomic E-state index is 5.40. The summed E-state index contributed by atoms with van der Waals surface area (Å²) in [6, 6.07) is 11.9. The average molecular weight is 383 g/mol. The van der Waals surface area contributed by atoms with Gasteiger partial charge in [0.1, 0.15) is 7.05 Å². The molecule has 4 heteroatoms. The smallest absolute Gasteiger partial charge is 0.204 e. The number of pyridine rings is 1. The molecular formula is C16H18INO2. The number of rotatable bonds is 4. The number of aromatic nitrogens is 1. The number of halogens is 1. The molecule has 0 spiro atoms. The summed E-state index contributed by atoms with van der Waals surface area (Å²) in [5.74, 6) is 1.49. The van der Waals surface area contributed by atoms with Crippen LogP contribution in [0.3, 0.4) is 0 Å². The van der Waals surface area contributed by atoms with Crippen molar-refractivity contribution in [1.82, 2.24) is 0 Å². The van der Waals surface area contributed by atoms with E-state index in [1.807, 2.05) is 49.7 Å². The van der Waals surface area contributed by atoms with Crippen LogP contribution in [0.1, 0.15) is 11.3 Å². The van der Waals surface area contributed by atoms with E-state index >= 15 is 0 Å².